The number of halogens is 2. The molecule has 1 aliphatic heterocycles. The molecular weight excluding hydrogens is 279 g/mol. The van der Waals surface area contributed by atoms with Crippen LogP contribution < -0.4 is 5.32 Å². The lowest BCUT2D eigenvalue weighted by Crippen LogP contribution is -2.42. The van der Waals surface area contributed by atoms with E-state index in [-0.39, 0.29) is 23.9 Å². The predicted molar refractivity (Wildman–Crippen MR) is 62.4 cm³/mol. The molecule has 0 radical (unpaired) electrons. The monoisotopic (exact) mass is 288 g/mol. The summed E-state index contributed by atoms with van der Waals surface area (Å²) in [5, 5.41) is 11.2. The van der Waals surface area contributed by atoms with Crippen molar-refractivity contribution in [1.82, 2.24) is 10.3 Å². The summed E-state index contributed by atoms with van der Waals surface area (Å²) in [7, 11) is 0. The number of aromatic nitrogens is 1. The van der Waals surface area contributed by atoms with E-state index in [0.717, 1.165) is 12.3 Å². The molecule has 1 amide bonds. The first-order valence-corrected chi connectivity index (χ1v) is 5.79. The fourth-order valence-corrected chi connectivity index (χ4v) is 1.96. The second-order valence-electron chi connectivity index (χ2n) is 4.05. The Kier molecular flexibility index (Phi) is 3.96. The highest BCUT2D eigenvalue weighted by atomic mass is 35.5. The van der Waals surface area contributed by atoms with Gasteiger partial charge in [-0.15, -0.1) is 0 Å². The molecule has 1 aromatic heterocycles. The van der Waals surface area contributed by atoms with Crippen LogP contribution in [0.2, 0.25) is 5.15 Å². The highest BCUT2D eigenvalue weighted by Gasteiger charge is 2.35. The number of nitrogens with one attached hydrogen (secondary N) is 1. The van der Waals surface area contributed by atoms with Gasteiger partial charge < -0.3 is 15.2 Å². The van der Waals surface area contributed by atoms with Crippen LogP contribution in [-0.2, 0) is 9.53 Å². The molecule has 1 saturated heterocycles. The number of carbonyl (C=O) groups excluding carboxylic acids is 1. The smallest absolute Gasteiger partial charge is 0.311 e. The Labute approximate surface area is 112 Å². The molecule has 0 saturated carbocycles. The summed E-state index contributed by atoms with van der Waals surface area (Å²) in [5.74, 6) is -3.28. The van der Waals surface area contributed by atoms with Crippen LogP contribution in [-0.4, -0.2) is 41.2 Å². The molecule has 2 atom stereocenters. The van der Waals surface area contributed by atoms with Crippen LogP contribution in [0.3, 0.4) is 0 Å². The third-order valence-corrected chi connectivity index (χ3v) is 3.07. The minimum absolute atomic E-state index is 0.0232. The summed E-state index contributed by atoms with van der Waals surface area (Å²) in [4.78, 5) is 26.3. The Bertz CT molecular complexity index is 525. The van der Waals surface area contributed by atoms with E-state index in [2.05, 4.69) is 10.3 Å². The number of amides is 1. The molecule has 2 N–H and O–H groups in total. The lowest BCUT2D eigenvalue weighted by molar-refractivity contribution is -0.142. The molecule has 0 aliphatic carbocycles. The van der Waals surface area contributed by atoms with Crippen molar-refractivity contribution in [2.24, 2.45) is 5.92 Å². The first-order chi connectivity index (χ1) is 8.99. The van der Waals surface area contributed by atoms with Gasteiger partial charge in [-0.05, 0) is 6.07 Å². The van der Waals surface area contributed by atoms with Gasteiger partial charge in [0.25, 0.3) is 5.91 Å². The molecule has 1 fully saturated rings. The number of carbonyl (C=O) groups is 2. The van der Waals surface area contributed by atoms with Gasteiger partial charge in [0.15, 0.2) is 0 Å². The van der Waals surface area contributed by atoms with Crippen molar-refractivity contribution in [3.63, 3.8) is 0 Å². The maximum Gasteiger partial charge on any atom is 0.311 e. The Hall–Kier alpha value is -1.73. The SMILES string of the molecule is O=C(NC1COCC1C(=O)O)c1cc(F)cnc1Cl. The third kappa shape index (κ3) is 2.99. The van der Waals surface area contributed by atoms with Gasteiger partial charge in [0.1, 0.15) is 16.9 Å². The molecule has 1 aliphatic rings. The van der Waals surface area contributed by atoms with Gasteiger partial charge in [-0.3, -0.25) is 9.59 Å². The van der Waals surface area contributed by atoms with Gasteiger partial charge in [-0.2, -0.15) is 0 Å². The molecular formula is C11H10ClFN2O4. The van der Waals surface area contributed by atoms with E-state index in [4.69, 9.17) is 21.4 Å². The normalized spacial score (nSPS) is 22.2. The maximum absolute atomic E-state index is 13.0. The second-order valence-corrected chi connectivity index (χ2v) is 4.41. The van der Waals surface area contributed by atoms with Crippen molar-refractivity contribution in [2.45, 2.75) is 6.04 Å². The molecule has 0 aromatic carbocycles. The minimum Gasteiger partial charge on any atom is -0.481 e. The predicted octanol–water partition coefficient (Wildman–Crippen LogP) is 0.703. The summed E-state index contributed by atoms with van der Waals surface area (Å²) in [6.07, 6.45) is 0.887. The molecule has 2 rings (SSSR count). The molecule has 8 heteroatoms. The van der Waals surface area contributed by atoms with Crippen molar-refractivity contribution in [3.05, 3.63) is 28.8 Å². The zero-order valence-corrected chi connectivity index (χ0v) is 10.4. The Morgan fingerprint density at radius 3 is 2.95 bits per heavy atom. The van der Waals surface area contributed by atoms with Gasteiger partial charge in [0.05, 0.1) is 31.0 Å². The average Bonchev–Trinajstić information content (AvgIpc) is 2.80. The molecule has 1 aromatic rings. The zero-order valence-electron chi connectivity index (χ0n) is 9.60. The largest absolute Gasteiger partial charge is 0.481 e. The summed E-state index contributed by atoms with van der Waals surface area (Å²) in [6, 6.07) is 0.264. The summed E-state index contributed by atoms with van der Waals surface area (Å²) < 4.78 is 18.0. The molecule has 102 valence electrons. The highest BCUT2D eigenvalue weighted by Crippen LogP contribution is 2.17. The molecule has 19 heavy (non-hydrogen) atoms. The summed E-state index contributed by atoms with van der Waals surface area (Å²) in [5.41, 5.74) is -0.141. The van der Waals surface area contributed by atoms with E-state index in [9.17, 15) is 14.0 Å². The van der Waals surface area contributed by atoms with Crippen molar-refractivity contribution in [3.8, 4) is 0 Å². The van der Waals surface area contributed by atoms with Crippen molar-refractivity contribution < 1.29 is 23.8 Å². The number of carboxylic acids is 1. The quantitative estimate of drug-likeness (QED) is 0.800. The topological polar surface area (TPSA) is 88.5 Å². The van der Waals surface area contributed by atoms with Crippen molar-refractivity contribution in [2.75, 3.05) is 13.2 Å². The first kappa shape index (κ1) is 13.7. The minimum atomic E-state index is -1.06. The van der Waals surface area contributed by atoms with Gasteiger partial charge >= 0.3 is 5.97 Å². The van der Waals surface area contributed by atoms with Crippen molar-refractivity contribution >= 4 is 23.5 Å². The number of rotatable bonds is 3. The van der Waals surface area contributed by atoms with E-state index in [1.165, 1.54) is 0 Å². The molecule has 6 nitrogen and oxygen atoms in total. The number of ether oxygens (including phenoxy) is 1. The van der Waals surface area contributed by atoms with E-state index >= 15 is 0 Å². The first-order valence-electron chi connectivity index (χ1n) is 5.41. The maximum atomic E-state index is 13.0. The zero-order chi connectivity index (χ0) is 14.0. The fraction of sp³-hybridized carbons (Fsp3) is 0.364. The lowest BCUT2D eigenvalue weighted by atomic mass is 10.0. The van der Waals surface area contributed by atoms with E-state index in [1.54, 1.807) is 0 Å². The van der Waals surface area contributed by atoms with E-state index in [1.807, 2.05) is 0 Å². The van der Waals surface area contributed by atoms with Gasteiger partial charge in [-0.25, -0.2) is 9.37 Å². The van der Waals surface area contributed by atoms with Crippen molar-refractivity contribution in [1.29, 1.82) is 0 Å². The number of hydrogen-bond donors (Lipinski definition) is 2. The van der Waals surface area contributed by atoms with Crippen LogP contribution in [0.25, 0.3) is 0 Å². The van der Waals surface area contributed by atoms with Crippen LogP contribution in [0.15, 0.2) is 12.3 Å². The van der Waals surface area contributed by atoms with Crippen LogP contribution in [0.4, 0.5) is 4.39 Å². The number of aliphatic carboxylic acids is 1. The highest BCUT2D eigenvalue weighted by molar-refractivity contribution is 6.32. The Morgan fingerprint density at radius 2 is 2.26 bits per heavy atom. The number of carboxylic acid groups (broad SMARTS) is 1. The van der Waals surface area contributed by atoms with Crippen LogP contribution in [0, 0.1) is 11.7 Å². The molecule has 0 spiro atoms. The number of nitrogens with zero attached hydrogens (tertiary/aromatic N) is 1. The van der Waals surface area contributed by atoms with Gasteiger partial charge in [0.2, 0.25) is 0 Å². The number of pyridine rings is 1. The third-order valence-electron chi connectivity index (χ3n) is 2.76. The molecule has 2 heterocycles. The van der Waals surface area contributed by atoms with Crippen LogP contribution >= 0.6 is 11.6 Å². The molecule has 2 unspecified atom stereocenters. The lowest BCUT2D eigenvalue weighted by Gasteiger charge is -2.15. The van der Waals surface area contributed by atoms with Crippen LogP contribution in [0.5, 0.6) is 0 Å². The van der Waals surface area contributed by atoms with Crippen LogP contribution in [0.1, 0.15) is 10.4 Å². The number of hydrogen-bond acceptors (Lipinski definition) is 4. The van der Waals surface area contributed by atoms with E-state index < -0.39 is 29.7 Å². The fourth-order valence-electron chi connectivity index (χ4n) is 1.77. The summed E-state index contributed by atoms with van der Waals surface area (Å²) in [6.45, 7) is 0.110. The summed E-state index contributed by atoms with van der Waals surface area (Å²) >= 11 is 5.69. The van der Waals surface area contributed by atoms with Gasteiger partial charge in [0, 0.05) is 0 Å². The second kappa shape index (κ2) is 5.50. The van der Waals surface area contributed by atoms with E-state index in [0.29, 0.717) is 0 Å². The Morgan fingerprint density at radius 1 is 1.53 bits per heavy atom. The standard InChI is InChI=1S/C11H10ClFN2O4/c12-9-6(1-5(13)2-14-9)10(16)15-8-4-19-3-7(8)11(17)18/h1-2,7-8H,3-4H2,(H,15,16)(H,17,18). The average molecular weight is 289 g/mol. The molecule has 0 bridgehead atoms. The Balaban J connectivity index is 2.12. The van der Waals surface area contributed by atoms with Gasteiger partial charge in [-0.1, -0.05) is 11.6 Å².